The molecule has 2 heterocycles. The van der Waals surface area contributed by atoms with Gasteiger partial charge in [0.25, 0.3) is 0 Å². The zero-order valence-electron chi connectivity index (χ0n) is 21.1. The third-order valence-corrected chi connectivity index (χ3v) is 8.37. The predicted molar refractivity (Wildman–Crippen MR) is 160 cm³/mol. The topological polar surface area (TPSA) is 25.2 Å². The minimum atomic E-state index is 0.142. The van der Waals surface area contributed by atoms with Crippen LogP contribution in [0.1, 0.15) is 26.3 Å². The number of nitrogens with one attached hydrogen (secondary N) is 1. The van der Waals surface area contributed by atoms with Gasteiger partial charge in [0.05, 0.1) is 11.1 Å². The summed E-state index contributed by atoms with van der Waals surface area (Å²) in [5.41, 5.74) is 7.97. The van der Waals surface area contributed by atoms with Crippen molar-refractivity contribution in [2.24, 2.45) is 0 Å². The summed E-state index contributed by atoms with van der Waals surface area (Å²) in [6, 6.07) is 36.9. The van der Waals surface area contributed by atoms with Gasteiger partial charge in [-0.05, 0) is 64.6 Å². The third kappa shape index (κ3) is 3.70. The van der Waals surface area contributed by atoms with Crippen LogP contribution in [0, 0.1) is 0 Å². The molecule has 0 bridgehead atoms. The Morgan fingerprint density at radius 2 is 1.43 bits per heavy atom. The Kier molecular flexibility index (Phi) is 4.92. The van der Waals surface area contributed by atoms with Gasteiger partial charge < -0.3 is 9.73 Å². The summed E-state index contributed by atoms with van der Waals surface area (Å²) in [4.78, 5) is 0. The second-order valence-corrected chi connectivity index (χ2v) is 11.8. The van der Waals surface area contributed by atoms with Crippen LogP contribution >= 0.6 is 11.3 Å². The maximum Gasteiger partial charge on any atom is 0.137 e. The summed E-state index contributed by atoms with van der Waals surface area (Å²) < 4.78 is 8.71. The van der Waals surface area contributed by atoms with Gasteiger partial charge in [0.2, 0.25) is 0 Å². The molecular weight excluding hydrogens is 470 g/mol. The van der Waals surface area contributed by atoms with Gasteiger partial charge >= 0.3 is 0 Å². The zero-order chi connectivity index (χ0) is 25.1. The molecule has 5 aromatic carbocycles. The fraction of sp³-hybridized carbons (Fsp3) is 0.118. The highest BCUT2D eigenvalue weighted by atomic mass is 32.1. The summed E-state index contributed by atoms with van der Waals surface area (Å²) in [6.45, 7) is 6.78. The number of furan rings is 1. The fourth-order valence-electron chi connectivity index (χ4n) is 5.33. The first-order valence-electron chi connectivity index (χ1n) is 12.7. The lowest BCUT2D eigenvalue weighted by molar-refractivity contribution is 0.590. The summed E-state index contributed by atoms with van der Waals surface area (Å²) >= 11 is 1.86. The molecular formula is C34H27NOS. The number of rotatable bonds is 3. The number of thiophene rings is 1. The van der Waals surface area contributed by atoms with E-state index in [1.165, 1.54) is 36.9 Å². The quantitative estimate of drug-likeness (QED) is 0.263. The number of fused-ring (bicyclic) bond motifs is 6. The standard InChI is InChI=1S/C34H27NOS/c1-34(2,3)22-16-14-21(15-17-22)24-9-6-13-31-32(24)26-20-23(18-19-30(26)37-31)35-27-10-7-12-29-33(27)25-8-4-5-11-28(25)36-29/h4-20,35H,1-3H3. The molecule has 180 valence electrons. The zero-order valence-corrected chi connectivity index (χ0v) is 21.9. The highest BCUT2D eigenvalue weighted by molar-refractivity contribution is 7.26. The molecule has 0 saturated carbocycles. The molecule has 0 aliphatic heterocycles. The van der Waals surface area contributed by atoms with Crippen molar-refractivity contribution in [3.63, 3.8) is 0 Å². The van der Waals surface area contributed by atoms with E-state index < -0.39 is 0 Å². The number of hydrogen-bond acceptors (Lipinski definition) is 3. The first kappa shape index (κ1) is 22.1. The van der Waals surface area contributed by atoms with Crippen LogP contribution in [0.3, 0.4) is 0 Å². The summed E-state index contributed by atoms with van der Waals surface area (Å²) in [7, 11) is 0. The van der Waals surface area contributed by atoms with Crippen molar-refractivity contribution in [3.05, 3.63) is 109 Å². The Balaban J connectivity index is 1.36. The van der Waals surface area contributed by atoms with Crippen molar-refractivity contribution < 1.29 is 4.42 Å². The average molecular weight is 498 g/mol. The van der Waals surface area contributed by atoms with Crippen molar-refractivity contribution >= 4 is 64.8 Å². The highest BCUT2D eigenvalue weighted by Crippen LogP contribution is 2.42. The van der Waals surface area contributed by atoms with E-state index in [1.807, 2.05) is 35.6 Å². The van der Waals surface area contributed by atoms with Gasteiger partial charge in [-0.25, -0.2) is 0 Å². The van der Waals surface area contributed by atoms with E-state index >= 15 is 0 Å². The van der Waals surface area contributed by atoms with Crippen molar-refractivity contribution in [2.45, 2.75) is 26.2 Å². The van der Waals surface area contributed by atoms with Crippen LogP contribution in [0.25, 0.3) is 53.2 Å². The fourth-order valence-corrected chi connectivity index (χ4v) is 6.44. The maximum atomic E-state index is 6.10. The van der Waals surface area contributed by atoms with Gasteiger partial charge in [-0.3, -0.25) is 0 Å². The largest absolute Gasteiger partial charge is 0.456 e. The second kappa shape index (κ2) is 8.22. The van der Waals surface area contributed by atoms with Gasteiger partial charge in [-0.15, -0.1) is 11.3 Å². The van der Waals surface area contributed by atoms with Crippen molar-refractivity contribution in [1.29, 1.82) is 0 Å². The van der Waals surface area contributed by atoms with Crippen LogP contribution in [-0.4, -0.2) is 0 Å². The Hall–Kier alpha value is -4.08. The normalized spacial score (nSPS) is 12.2. The first-order valence-corrected chi connectivity index (χ1v) is 13.5. The van der Waals surface area contributed by atoms with Crippen molar-refractivity contribution in [3.8, 4) is 11.1 Å². The second-order valence-electron chi connectivity index (χ2n) is 10.7. The Morgan fingerprint density at radius 1 is 0.649 bits per heavy atom. The van der Waals surface area contributed by atoms with Gasteiger partial charge in [0.15, 0.2) is 0 Å². The first-order chi connectivity index (χ1) is 18.0. The van der Waals surface area contributed by atoms with Crippen molar-refractivity contribution in [2.75, 3.05) is 5.32 Å². The summed E-state index contributed by atoms with van der Waals surface area (Å²) in [6.07, 6.45) is 0. The van der Waals surface area contributed by atoms with E-state index in [9.17, 15) is 0 Å². The minimum Gasteiger partial charge on any atom is -0.456 e. The van der Waals surface area contributed by atoms with Gasteiger partial charge in [-0.2, -0.15) is 0 Å². The smallest absolute Gasteiger partial charge is 0.137 e. The molecule has 7 rings (SSSR count). The van der Waals surface area contributed by atoms with Crippen molar-refractivity contribution in [1.82, 2.24) is 0 Å². The Labute approximate surface area is 220 Å². The SMILES string of the molecule is CC(C)(C)c1ccc(-c2cccc3sc4ccc(Nc5cccc6oc7ccccc7c56)cc4c23)cc1. The minimum absolute atomic E-state index is 0.142. The van der Waals surface area contributed by atoms with E-state index in [0.29, 0.717) is 0 Å². The highest BCUT2D eigenvalue weighted by Gasteiger charge is 2.16. The summed E-state index contributed by atoms with van der Waals surface area (Å²) in [5.74, 6) is 0. The lowest BCUT2D eigenvalue weighted by Crippen LogP contribution is -2.10. The van der Waals surface area contributed by atoms with Gasteiger partial charge in [0, 0.05) is 31.2 Å². The molecule has 0 aliphatic carbocycles. The monoisotopic (exact) mass is 497 g/mol. The molecule has 0 amide bonds. The van der Waals surface area contributed by atoms with Gasteiger partial charge in [0.1, 0.15) is 11.2 Å². The molecule has 7 aromatic rings. The Bertz CT molecular complexity index is 1930. The Morgan fingerprint density at radius 3 is 2.27 bits per heavy atom. The predicted octanol–water partition coefficient (Wildman–Crippen LogP) is 10.7. The van der Waals surface area contributed by atoms with Crippen LogP contribution in [0.5, 0.6) is 0 Å². The molecule has 0 aliphatic rings. The van der Waals surface area contributed by atoms with Gasteiger partial charge in [-0.1, -0.05) is 81.4 Å². The number of anilines is 2. The van der Waals surface area contributed by atoms with Crippen LogP contribution in [0.4, 0.5) is 11.4 Å². The molecule has 2 nitrogen and oxygen atoms in total. The van der Waals surface area contributed by atoms with Crippen LogP contribution in [-0.2, 0) is 5.41 Å². The lowest BCUT2D eigenvalue weighted by atomic mass is 9.86. The molecule has 1 N–H and O–H groups in total. The van der Waals surface area contributed by atoms with E-state index in [2.05, 4.69) is 105 Å². The molecule has 0 unspecified atom stereocenters. The molecule has 3 heteroatoms. The third-order valence-electron chi connectivity index (χ3n) is 7.24. The molecule has 0 spiro atoms. The molecule has 0 fully saturated rings. The molecule has 2 aromatic heterocycles. The van der Waals surface area contributed by atoms with E-state index in [1.54, 1.807) is 0 Å². The molecule has 0 saturated heterocycles. The van der Waals surface area contributed by atoms with E-state index in [-0.39, 0.29) is 5.41 Å². The van der Waals surface area contributed by atoms with Crippen LogP contribution < -0.4 is 5.32 Å². The van der Waals surface area contributed by atoms with E-state index in [4.69, 9.17) is 4.42 Å². The molecule has 37 heavy (non-hydrogen) atoms. The number of benzene rings is 5. The number of hydrogen-bond donors (Lipinski definition) is 1. The van der Waals surface area contributed by atoms with Crippen LogP contribution in [0.2, 0.25) is 0 Å². The average Bonchev–Trinajstić information content (AvgIpc) is 3.47. The molecule has 0 radical (unpaired) electrons. The maximum absolute atomic E-state index is 6.10. The number of para-hydroxylation sites is 1. The molecule has 0 atom stereocenters. The lowest BCUT2D eigenvalue weighted by Gasteiger charge is -2.19. The summed E-state index contributed by atoms with van der Waals surface area (Å²) in [5, 5.41) is 8.55. The van der Waals surface area contributed by atoms with Crippen LogP contribution in [0.15, 0.2) is 108 Å². The van der Waals surface area contributed by atoms with E-state index in [0.717, 1.165) is 33.3 Å².